The van der Waals surface area contributed by atoms with Gasteiger partial charge in [0, 0.05) is 25.0 Å². The zero-order valence-corrected chi connectivity index (χ0v) is 14.5. The standard InChI is InChI=1S/C16H24N2O3S/c1-12-5-6-14(17-9-12)22(20)11-13-7-8-18(10-13)15(19)21-16(2,3)4/h5-6,9,13H,7-8,10-11H2,1-4H3/t13-,22-/m1/s1. The van der Waals surface area contributed by atoms with Crippen molar-refractivity contribution in [3.8, 4) is 0 Å². The highest BCUT2D eigenvalue weighted by Crippen LogP contribution is 2.21. The molecule has 2 atom stereocenters. The molecule has 1 saturated heterocycles. The van der Waals surface area contributed by atoms with Crippen LogP contribution >= 0.6 is 0 Å². The minimum atomic E-state index is -1.12. The molecule has 1 aromatic heterocycles. The van der Waals surface area contributed by atoms with Crippen molar-refractivity contribution in [2.45, 2.75) is 44.7 Å². The van der Waals surface area contributed by atoms with Gasteiger partial charge in [0.15, 0.2) is 0 Å². The third kappa shape index (κ3) is 4.80. The number of ether oxygens (including phenoxy) is 1. The summed E-state index contributed by atoms with van der Waals surface area (Å²) in [4.78, 5) is 17.9. The van der Waals surface area contributed by atoms with Crippen LogP contribution in [-0.4, -0.2) is 44.6 Å². The Hall–Kier alpha value is -1.43. The Morgan fingerprint density at radius 2 is 2.18 bits per heavy atom. The topological polar surface area (TPSA) is 59.5 Å². The molecular weight excluding hydrogens is 300 g/mol. The molecule has 0 aliphatic carbocycles. The van der Waals surface area contributed by atoms with Crippen molar-refractivity contribution in [3.63, 3.8) is 0 Å². The molecule has 0 bridgehead atoms. The minimum Gasteiger partial charge on any atom is -0.444 e. The lowest BCUT2D eigenvalue weighted by atomic mass is 10.2. The van der Waals surface area contributed by atoms with Crippen LogP contribution in [0.3, 0.4) is 0 Å². The van der Waals surface area contributed by atoms with Gasteiger partial charge >= 0.3 is 6.09 Å². The molecule has 122 valence electrons. The van der Waals surface area contributed by atoms with E-state index in [1.54, 1.807) is 11.1 Å². The van der Waals surface area contributed by atoms with E-state index in [0.717, 1.165) is 12.0 Å². The van der Waals surface area contributed by atoms with Crippen molar-refractivity contribution in [1.29, 1.82) is 0 Å². The van der Waals surface area contributed by atoms with Crippen molar-refractivity contribution < 1.29 is 13.7 Å². The molecule has 22 heavy (non-hydrogen) atoms. The summed E-state index contributed by atoms with van der Waals surface area (Å²) in [5.41, 5.74) is 0.571. The van der Waals surface area contributed by atoms with Gasteiger partial charge in [0.25, 0.3) is 0 Å². The van der Waals surface area contributed by atoms with Gasteiger partial charge in [-0.25, -0.2) is 9.78 Å². The molecule has 1 aromatic rings. The predicted octanol–water partition coefficient (Wildman–Crippen LogP) is 2.75. The van der Waals surface area contributed by atoms with E-state index >= 15 is 0 Å². The monoisotopic (exact) mass is 324 g/mol. The Labute approximate surface area is 134 Å². The number of hydrogen-bond acceptors (Lipinski definition) is 4. The van der Waals surface area contributed by atoms with Gasteiger partial charge in [-0.15, -0.1) is 0 Å². The molecule has 0 unspecified atom stereocenters. The zero-order valence-electron chi connectivity index (χ0n) is 13.7. The van der Waals surface area contributed by atoms with Crippen molar-refractivity contribution in [3.05, 3.63) is 23.9 Å². The second-order valence-corrected chi connectivity index (χ2v) is 8.21. The predicted molar refractivity (Wildman–Crippen MR) is 86.2 cm³/mol. The van der Waals surface area contributed by atoms with E-state index < -0.39 is 16.4 Å². The smallest absolute Gasteiger partial charge is 0.410 e. The van der Waals surface area contributed by atoms with Crippen LogP contribution in [0.25, 0.3) is 0 Å². The fourth-order valence-electron chi connectivity index (χ4n) is 2.35. The number of rotatable bonds is 3. The molecule has 2 heterocycles. The number of carbonyl (C=O) groups is 1. The molecule has 0 N–H and O–H groups in total. The third-order valence-corrected chi connectivity index (χ3v) is 4.92. The van der Waals surface area contributed by atoms with Crippen molar-refractivity contribution in [1.82, 2.24) is 9.88 Å². The van der Waals surface area contributed by atoms with E-state index in [-0.39, 0.29) is 12.0 Å². The quantitative estimate of drug-likeness (QED) is 0.858. The van der Waals surface area contributed by atoms with Gasteiger partial charge in [0.05, 0.1) is 10.8 Å². The highest BCUT2D eigenvalue weighted by Gasteiger charge is 2.30. The summed E-state index contributed by atoms with van der Waals surface area (Å²) in [5, 5.41) is 0.612. The third-order valence-electron chi connectivity index (χ3n) is 3.44. The molecule has 0 radical (unpaired) electrons. The number of aromatic nitrogens is 1. The highest BCUT2D eigenvalue weighted by atomic mass is 32.2. The van der Waals surface area contributed by atoms with Gasteiger partial charge in [-0.05, 0) is 51.7 Å². The van der Waals surface area contributed by atoms with E-state index in [9.17, 15) is 9.00 Å². The van der Waals surface area contributed by atoms with Gasteiger partial charge in [0.2, 0.25) is 0 Å². The molecule has 1 aliphatic heterocycles. The maximum atomic E-state index is 12.3. The Balaban J connectivity index is 1.87. The summed E-state index contributed by atoms with van der Waals surface area (Å²) in [6, 6.07) is 3.73. The fourth-order valence-corrected chi connectivity index (χ4v) is 3.61. The number of likely N-dealkylation sites (tertiary alicyclic amines) is 1. The van der Waals surface area contributed by atoms with Crippen LogP contribution in [-0.2, 0) is 15.5 Å². The highest BCUT2D eigenvalue weighted by molar-refractivity contribution is 7.84. The van der Waals surface area contributed by atoms with E-state index in [2.05, 4.69) is 4.98 Å². The van der Waals surface area contributed by atoms with Crippen molar-refractivity contribution in [2.24, 2.45) is 5.92 Å². The summed E-state index contributed by atoms with van der Waals surface area (Å²) in [5.74, 6) is 0.770. The molecule has 5 nitrogen and oxygen atoms in total. The normalized spacial score (nSPS) is 20.0. The number of aryl methyl sites for hydroxylation is 1. The molecule has 0 aromatic carbocycles. The largest absolute Gasteiger partial charge is 0.444 e. The fraction of sp³-hybridized carbons (Fsp3) is 0.625. The Kier molecular flexibility index (Phi) is 5.21. The molecule has 0 saturated carbocycles. The van der Waals surface area contributed by atoms with E-state index in [1.165, 1.54) is 0 Å². The minimum absolute atomic E-state index is 0.233. The van der Waals surface area contributed by atoms with Gasteiger partial charge in [-0.2, -0.15) is 0 Å². The van der Waals surface area contributed by atoms with Crippen LogP contribution in [0.1, 0.15) is 32.8 Å². The maximum absolute atomic E-state index is 12.3. The number of hydrogen-bond donors (Lipinski definition) is 0. The molecule has 1 amide bonds. The lowest BCUT2D eigenvalue weighted by Gasteiger charge is -2.24. The molecular formula is C16H24N2O3S. The van der Waals surface area contributed by atoms with Crippen LogP contribution < -0.4 is 0 Å². The Morgan fingerprint density at radius 1 is 1.45 bits per heavy atom. The molecule has 1 aliphatic rings. The van der Waals surface area contributed by atoms with Crippen LogP contribution in [0.5, 0.6) is 0 Å². The molecule has 6 heteroatoms. The first-order valence-electron chi connectivity index (χ1n) is 7.53. The van der Waals surface area contributed by atoms with E-state index in [1.807, 2.05) is 39.8 Å². The Morgan fingerprint density at radius 3 is 2.77 bits per heavy atom. The second kappa shape index (κ2) is 6.77. The van der Waals surface area contributed by atoms with Crippen molar-refractivity contribution >= 4 is 16.9 Å². The average molecular weight is 324 g/mol. The first-order chi connectivity index (χ1) is 10.2. The van der Waals surface area contributed by atoms with Gasteiger partial charge in [-0.3, -0.25) is 4.21 Å². The van der Waals surface area contributed by atoms with Crippen LogP contribution in [0.4, 0.5) is 4.79 Å². The van der Waals surface area contributed by atoms with E-state index in [0.29, 0.717) is 23.9 Å². The number of carbonyl (C=O) groups excluding carboxylic acids is 1. The number of nitrogens with zero attached hydrogens (tertiary/aromatic N) is 2. The Bertz CT molecular complexity index is 552. The molecule has 1 fully saturated rings. The first kappa shape index (κ1) is 16.9. The summed E-state index contributed by atoms with van der Waals surface area (Å²) in [6.07, 6.45) is 2.31. The van der Waals surface area contributed by atoms with Crippen LogP contribution in [0, 0.1) is 12.8 Å². The summed E-state index contributed by atoms with van der Waals surface area (Å²) >= 11 is 0. The van der Waals surface area contributed by atoms with Gasteiger partial charge in [-0.1, -0.05) is 6.07 Å². The lowest BCUT2D eigenvalue weighted by molar-refractivity contribution is 0.0289. The summed E-state index contributed by atoms with van der Waals surface area (Å²) in [6.45, 7) is 8.80. The first-order valence-corrected chi connectivity index (χ1v) is 8.85. The van der Waals surface area contributed by atoms with Crippen LogP contribution in [0.2, 0.25) is 0 Å². The molecule has 2 rings (SSSR count). The van der Waals surface area contributed by atoms with Crippen LogP contribution in [0.15, 0.2) is 23.4 Å². The molecule has 0 spiro atoms. The zero-order chi connectivity index (χ0) is 16.3. The van der Waals surface area contributed by atoms with E-state index in [4.69, 9.17) is 4.74 Å². The summed E-state index contributed by atoms with van der Waals surface area (Å²) in [7, 11) is -1.12. The average Bonchev–Trinajstić information content (AvgIpc) is 2.86. The SMILES string of the molecule is Cc1ccc([S@](=O)C[C@@H]2CCN(C(=O)OC(C)(C)C)C2)nc1. The summed E-state index contributed by atoms with van der Waals surface area (Å²) < 4.78 is 17.7. The van der Waals surface area contributed by atoms with Gasteiger partial charge in [0.1, 0.15) is 10.6 Å². The number of pyridine rings is 1. The van der Waals surface area contributed by atoms with Gasteiger partial charge < -0.3 is 9.64 Å². The second-order valence-electron chi connectivity index (χ2n) is 6.77. The number of amides is 1. The lowest BCUT2D eigenvalue weighted by Crippen LogP contribution is -2.35. The maximum Gasteiger partial charge on any atom is 0.410 e. The van der Waals surface area contributed by atoms with Crippen molar-refractivity contribution in [2.75, 3.05) is 18.8 Å².